The number of hydrogen-bond acceptors (Lipinski definition) is 3. The quantitative estimate of drug-likeness (QED) is 0.789. The van der Waals surface area contributed by atoms with Crippen molar-refractivity contribution in [1.82, 2.24) is 5.32 Å². The topological polar surface area (TPSA) is 58.6 Å². The number of methoxy groups -OCH3 is 1. The highest BCUT2D eigenvalue weighted by molar-refractivity contribution is 5.75. The van der Waals surface area contributed by atoms with Crippen molar-refractivity contribution >= 4 is 5.91 Å². The molecule has 0 unspecified atom stereocenters. The fourth-order valence-corrected chi connectivity index (χ4v) is 2.00. The number of hydrogen-bond donors (Lipinski definition) is 2. The van der Waals surface area contributed by atoms with Crippen LogP contribution in [0.2, 0.25) is 0 Å². The Morgan fingerprint density at radius 3 is 2.68 bits per heavy atom. The van der Waals surface area contributed by atoms with Crippen molar-refractivity contribution in [1.29, 1.82) is 0 Å². The highest BCUT2D eigenvalue weighted by Gasteiger charge is 2.06. The molecule has 1 aromatic rings. The minimum atomic E-state index is -0.00284. The summed E-state index contributed by atoms with van der Waals surface area (Å²) in [5, 5.41) is 11.5. The first kappa shape index (κ1) is 15.5. The zero-order chi connectivity index (χ0) is 14.3. The molecule has 0 saturated carbocycles. The molecule has 1 aromatic carbocycles. The Labute approximate surface area is 114 Å². The lowest BCUT2D eigenvalue weighted by Gasteiger charge is -2.12. The number of carbonyl (C=O) groups excluding carboxylic acids is 1. The van der Waals surface area contributed by atoms with Crippen LogP contribution in [0.3, 0.4) is 0 Å². The van der Waals surface area contributed by atoms with E-state index in [0.29, 0.717) is 19.4 Å². The van der Waals surface area contributed by atoms with Crippen LogP contribution in [0, 0.1) is 13.8 Å². The maximum atomic E-state index is 11.4. The van der Waals surface area contributed by atoms with E-state index in [2.05, 4.69) is 11.4 Å². The van der Waals surface area contributed by atoms with Crippen LogP contribution in [0.5, 0.6) is 5.75 Å². The standard InChI is InChI=1S/C15H23NO3/c1-11-10-14(19-3)12(2)9-13(11)6-7-16-15(18)5-4-8-17/h9-10,17H,4-8H2,1-3H3,(H,16,18). The highest BCUT2D eigenvalue weighted by Crippen LogP contribution is 2.22. The van der Waals surface area contributed by atoms with Crippen molar-refractivity contribution in [2.24, 2.45) is 0 Å². The van der Waals surface area contributed by atoms with Crippen LogP contribution in [0.25, 0.3) is 0 Å². The molecule has 0 aliphatic heterocycles. The van der Waals surface area contributed by atoms with Gasteiger partial charge in [0.25, 0.3) is 0 Å². The lowest BCUT2D eigenvalue weighted by atomic mass is 10.0. The number of benzene rings is 1. The Hall–Kier alpha value is -1.55. The molecule has 0 aromatic heterocycles. The first-order valence-corrected chi connectivity index (χ1v) is 6.60. The van der Waals surface area contributed by atoms with E-state index in [4.69, 9.17) is 9.84 Å². The maximum absolute atomic E-state index is 11.4. The molecule has 0 bridgehead atoms. The molecule has 0 saturated heterocycles. The summed E-state index contributed by atoms with van der Waals surface area (Å²) < 4.78 is 5.27. The summed E-state index contributed by atoms with van der Waals surface area (Å²) in [4.78, 5) is 11.4. The second-order valence-electron chi connectivity index (χ2n) is 4.68. The Bertz CT molecular complexity index is 430. The molecule has 19 heavy (non-hydrogen) atoms. The molecule has 106 valence electrons. The van der Waals surface area contributed by atoms with E-state index in [0.717, 1.165) is 17.7 Å². The molecule has 1 amide bonds. The Morgan fingerprint density at radius 2 is 2.05 bits per heavy atom. The van der Waals surface area contributed by atoms with Gasteiger partial charge in [0.1, 0.15) is 5.75 Å². The fourth-order valence-electron chi connectivity index (χ4n) is 2.00. The van der Waals surface area contributed by atoms with E-state index in [1.807, 2.05) is 19.9 Å². The molecule has 0 heterocycles. The van der Waals surface area contributed by atoms with E-state index in [1.54, 1.807) is 7.11 Å². The van der Waals surface area contributed by atoms with Crippen LogP contribution < -0.4 is 10.1 Å². The van der Waals surface area contributed by atoms with E-state index >= 15 is 0 Å². The van der Waals surface area contributed by atoms with E-state index in [-0.39, 0.29) is 12.5 Å². The van der Waals surface area contributed by atoms with Crippen molar-refractivity contribution in [3.8, 4) is 5.75 Å². The monoisotopic (exact) mass is 265 g/mol. The third-order valence-electron chi connectivity index (χ3n) is 3.13. The van der Waals surface area contributed by atoms with Gasteiger partial charge in [-0.1, -0.05) is 6.07 Å². The fraction of sp³-hybridized carbons (Fsp3) is 0.533. The Morgan fingerprint density at radius 1 is 1.32 bits per heavy atom. The number of ether oxygens (including phenoxy) is 1. The van der Waals surface area contributed by atoms with Gasteiger partial charge in [-0.25, -0.2) is 0 Å². The minimum Gasteiger partial charge on any atom is -0.496 e. The molecule has 4 heteroatoms. The first-order chi connectivity index (χ1) is 9.08. The molecule has 0 radical (unpaired) electrons. The normalized spacial score (nSPS) is 10.3. The van der Waals surface area contributed by atoms with Crippen LogP contribution >= 0.6 is 0 Å². The average molecular weight is 265 g/mol. The van der Waals surface area contributed by atoms with Gasteiger partial charge < -0.3 is 15.2 Å². The molecule has 0 atom stereocenters. The molecule has 0 aliphatic carbocycles. The summed E-state index contributed by atoms with van der Waals surface area (Å²) in [6, 6.07) is 4.13. The van der Waals surface area contributed by atoms with Gasteiger partial charge in [-0.05, 0) is 49.4 Å². The highest BCUT2D eigenvalue weighted by atomic mass is 16.5. The maximum Gasteiger partial charge on any atom is 0.220 e. The number of aliphatic hydroxyl groups is 1. The molecule has 1 rings (SSSR count). The van der Waals surface area contributed by atoms with Gasteiger partial charge in [0.2, 0.25) is 5.91 Å². The van der Waals surface area contributed by atoms with E-state index < -0.39 is 0 Å². The third kappa shape index (κ3) is 4.91. The number of aryl methyl sites for hydroxylation is 2. The van der Waals surface area contributed by atoms with Crippen LogP contribution in [0.4, 0.5) is 0 Å². The van der Waals surface area contributed by atoms with Crippen LogP contribution in [0.15, 0.2) is 12.1 Å². The second kappa shape index (κ2) is 7.79. The third-order valence-corrected chi connectivity index (χ3v) is 3.13. The van der Waals surface area contributed by atoms with Gasteiger partial charge in [-0.3, -0.25) is 4.79 Å². The van der Waals surface area contributed by atoms with E-state index in [1.165, 1.54) is 11.1 Å². The zero-order valence-corrected chi connectivity index (χ0v) is 12.0. The predicted octanol–water partition coefficient (Wildman–Crippen LogP) is 1.74. The number of carbonyl (C=O) groups is 1. The van der Waals surface area contributed by atoms with Crippen molar-refractivity contribution in [3.05, 3.63) is 28.8 Å². The van der Waals surface area contributed by atoms with Gasteiger partial charge in [0.05, 0.1) is 7.11 Å². The van der Waals surface area contributed by atoms with Crippen LogP contribution in [0.1, 0.15) is 29.5 Å². The smallest absolute Gasteiger partial charge is 0.220 e. The number of aliphatic hydroxyl groups excluding tert-OH is 1. The molecule has 0 fully saturated rings. The SMILES string of the molecule is COc1cc(C)c(CCNC(=O)CCCO)cc1C. The second-order valence-corrected chi connectivity index (χ2v) is 4.68. The molecule has 0 aliphatic rings. The van der Waals surface area contributed by atoms with Gasteiger partial charge in [-0.15, -0.1) is 0 Å². The molecule has 0 spiro atoms. The minimum absolute atomic E-state index is 0.00284. The summed E-state index contributed by atoms with van der Waals surface area (Å²) in [6.07, 6.45) is 1.71. The Kier molecular flexibility index (Phi) is 6.36. The van der Waals surface area contributed by atoms with E-state index in [9.17, 15) is 4.79 Å². The Balaban J connectivity index is 2.49. The summed E-state index contributed by atoms with van der Waals surface area (Å²) in [5.41, 5.74) is 3.50. The lowest BCUT2D eigenvalue weighted by Crippen LogP contribution is -2.25. The van der Waals surface area contributed by atoms with Gasteiger partial charge >= 0.3 is 0 Å². The zero-order valence-electron chi connectivity index (χ0n) is 12.0. The summed E-state index contributed by atoms with van der Waals surface area (Å²) in [6.45, 7) is 4.74. The summed E-state index contributed by atoms with van der Waals surface area (Å²) in [7, 11) is 1.67. The predicted molar refractivity (Wildman–Crippen MR) is 75.5 cm³/mol. The van der Waals surface area contributed by atoms with Crippen molar-refractivity contribution in [2.45, 2.75) is 33.1 Å². The van der Waals surface area contributed by atoms with Gasteiger partial charge in [-0.2, -0.15) is 0 Å². The summed E-state index contributed by atoms with van der Waals surface area (Å²) in [5.74, 6) is 0.894. The first-order valence-electron chi connectivity index (χ1n) is 6.60. The van der Waals surface area contributed by atoms with Crippen molar-refractivity contribution < 1.29 is 14.6 Å². The lowest BCUT2D eigenvalue weighted by molar-refractivity contribution is -0.121. The van der Waals surface area contributed by atoms with Gasteiger partial charge in [0, 0.05) is 19.6 Å². The number of nitrogens with one attached hydrogen (secondary N) is 1. The van der Waals surface area contributed by atoms with Crippen LogP contribution in [-0.4, -0.2) is 31.3 Å². The van der Waals surface area contributed by atoms with Crippen molar-refractivity contribution in [2.75, 3.05) is 20.3 Å². The molecule has 2 N–H and O–H groups in total. The molecular weight excluding hydrogens is 242 g/mol. The number of amides is 1. The molecular formula is C15H23NO3. The van der Waals surface area contributed by atoms with Gasteiger partial charge in [0.15, 0.2) is 0 Å². The summed E-state index contributed by atoms with van der Waals surface area (Å²) >= 11 is 0. The van der Waals surface area contributed by atoms with Crippen LogP contribution in [-0.2, 0) is 11.2 Å². The number of rotatable bonds is 7. The average Bonchev–Trinajstić information content (AvgIpc) is 2.39. The van der Waals surface area contributed by atoms with Crippen molar-refractivity contribution in [3.63, 3.8) is 0 Å². The largest absolute Gasteiger partial charge is 0.496 e. The molecule has 4 nitrogen and oxygen atoms in total.